The van der Waals surface area contributed by atoms with E-state index in [1.807, 2.05) is 0 Å². The Morgan fingerprint density at radius 1 is 1.36 bits per heavy atom. The van der Waals surface area contributed by atoms with Crippen LogP contribution in [0.2, 0.25) is 0 Å². The number of rotatable bonds is 3. The number of aromatic hydroxyl groups is 1. The van der Waals surface area contributed by atoms with Crippen LogP contribution in [-0.4, -0.2) is 19.3 Å². The van der Waals surface area contributed by atoms with Crippen molar-refractivity contribution in [2.45, 2.75) is 12.8 Å². The summed E-state index contributed by atoms with van der Waals surface area (Å²) in [6, 6.07) is 6.42. The molecule has 0 aromatic heterocycles. The third kappa shape index (κ3) is 3.35. The van der Waals surface area contributed by atoms with Gasteiger partial charge in [0.05, 0.1) is 5.75 Å². The lowest BCUT2D eigenvalue weighted by Gasteiger charge is -2.09. The topological polar surface area (TPSA) is 80.4 Å². The molecule has 1 aromatic carbocycles. The molecule has 5 heteroatoms. The minimum Gasteiger partial charge on any atom is -0.508 e. The average Bonchev–Trinajstić information content (AvgIpc) is 2.02. The second-order valence-corrected chi connectivity index (χ2v) is 4.98. The van der Waals surface area contributed by atoms with Gasteiger partial charge in [0.25, 0.3) is 0 Å². The first-order valence-electron chi connectivity index (χ1n) is 4.18. The van der Waals surface area contributed by atoms with Crippen LogP contribution in [0.25, 0.3) is 0 Å². The Balaban J connectivity index is 2.80. The lowest BCUT2D eigenvalue weighted by Crippen LogP contribution is -2.20. The van der Waals surface area contributed by atoms with Gasteiger partial charge in [0, 0.05) is 0 Å². The Morgan fingerprint density at radius 2 is 1.86 bits per heavy atom. The van der Waals surface area contributed by atoms with E-state index >= 15 is 0 Å². The predicted molar refractivity (Wildman–Crippen MR) is 54.5 cm³/mol. The number of benzene rings is 1. The number of hydrogen-bond acceptors (Lipinski definition) is 3. The molecule has 0 heterocycles. The van der Waals surface area contributed by atoms with Gasteiger partial charge in [-0.3, -0.25) is 0 Å². The Bertz CT molecular complexity index is 397. The molecule has 1 unspecified atom stereocenters. The van der Waals surface area contributed by atoms with Gasteiger partial charge in [-0.15, -0.1) is 0 Å². The molecule has 0 aliphatic carbocycles. The summed E-state index contributed by atoms with van der Waals surface area (Å²) >= 11 is 0. The summed E-state index contributed by atoms with van der Waals surface area (Å²) in [6.45, 7) is 1.77. The van der Waals surface area contributed by atoms with Gasteiger partial charge in [0.1, 0.15) is 5.75 Å². The van der Waals surface area contributed by atoms with Crippen molar-refractivity contribution >= 4 is 10.0 Å². The van der Waals surface area contributed by atoms with Gasteiger partial charge in [0.15, 0.2) is 0 Å². The minimum absolute atomic E-state index is 0.0855. The van der Waals surface area contributed by atoms with Gasteiger partial charge in [-0.1, -0.05) is 19.1 Å². The Kier molecular flexibility index (Phi) is 3.13. The molecule has 0 saturated heterocycles. The van der Waals surface area contributed by atoms with E-state index in [1.165, 1.54) is 12.1 Å². The molecule has 1 rings (SSSR count). The maximum absolute atomic E-state index is 10.8. The van der Waals surface area contributed by atoms with Crippen LogP contribution < -0.4 is 5.14 Å². The molecule has 0 bridgehead atoms. The van der Waals surface area contributed by atoms with Crippen molar-refractivity contribution in [3.8, 4) is 5.75 Å². The van der Waals surface area contributed by atoms with Crippen LogP contribution in [0.15, 0.2) is 24.3 Å². The van der Waals surface area contributed by atoms with Crippen LogP contribution in [0, 0.1) is 0 Å². The standard InChI is InChI=1S/C9H13NO3S/c1-7(6-14(10,12)13)8-2-4-9(11)5-3-8/h2-5,7,11H,6H2,1H3,(H2,10,12,13). The summed E-state index contributed by atoms with van der Waals surface area (Å²) in [5.74, 6) is -0.0835. The molecule has 4 nitrogen and oxygen atoms in total. The van der Waals surface area contributed by atoms with E-state index < -0.39 is 10.0 Å². The van der Waals surface area contributed by atoms with Crippen molar-refractivity contribution in [1.29, 1.82) is 0 Å². The molecular weight excluding hydrogens is 202 g/mol. The maximum Gasteiger partial charge on any atom is 0.209 e. The Morgan fingerprint density at radius 3 is 2.29 bits per heavy atom. The molecule has 78 valence electrons. The molecule has 1 atom stereocenters. The number of hydrogen-bond donors (Lipinski definition) is 2. The number of phenolic OH excluding ortho intramolecular Hbond substituents is 1. The zero-order chi connectivity index (χ0) is 10.8. The van der Waals surface area contributed by atoms with Gasteiger partial charge in [-0.05, 0) is 23.6 Å². The van der Waals surface area contributed by atoms with E-state index in [4.69, 9.17) is 10.2 Å². The molecular formula is C9H13NO3S. The summed E-state index contributed by atoms with van der Waals surface area (Å²) in [5, 5.41) is 14.0. The lowest BCUT2D eigenvalue weighted by atomic mass is 10.0. The summed E-state index contributed by atoms with van der Waals surface area (Å²) in [6.07, 6.45) is 0. The van der Waals surface area contributed by atoms with Crippen LogP contribution in [-0.2, 0) is 10.0 Å². The third-order valence-electron chi connectivity index (χ3n) is 1.94. The van der Waals surface area contributed by atoms with Crippen LogP contribution in [0.3, 0.4) is 0 Å². The van der Waals surface area contributed by atoms with Gasteiger partial charge >= 0.3 is 0 Å². The molecule has 0 saturated carbocycles. The average molecular weight is 215 g/mol. The molecule has 1 aromatic rings. The van der Waals surface area contributed by atoms with Gasteiger partial charge < -0.3 is 5.11 Å². The number of nitrogens with two attached hydrogens (primary N) is 1. The van der Waals surface area contributed by atoms with Crippen LogP contribution >= 0.6 is 0 Å². The van der Waals surface area contributed by atoms with Crippen molar-refractivity contribution in [2.24, 2.45) is 5.14 Å². The first-order valence-corrected chi connectivity index (χ1v) is 5.89. The lowest BCUT2D eigenvalue weighted by molar-refractivity contribution is 0.475. The number of phenols is 1. The highest BCUT2D eigenvalue weighted by Gasteiger charge is 2.12. The summed E-state index contributed by atoms with van der Waals surface area (Å²) in [7, 11) is -3.44. The highest BCUT2D eigenvalue weighted by atomic mass is 32.2. The molecule has 0 amide bonds. The van der Waals surface area contributed by atoms with Crippen molar-refractivity contribution in [2.75, 3.05) is 5.75 Å². The second-order valence-electron chi connectivity index (χ2n) is 3.32. The quantitative estimate of drug-likeness (QED) is 0.782. The fraction of sp³-hybridized carbons (Fsp3) is 0.333. The predicted octanol–water partition coefficient (Wildman–Crippen LogP) is 0.784. The zero-order valence-corrected chi connectivity index (χ0v) is 8.66. The monoisotopic (exact) mass is 215 g/mol. The molecule has 0 aliphatic rings. The molecule has 0 spiro atoms. The van der Waals surface area contributed by atoms with Crippen molar-refractivity contribution in [3.05, 3.63) is 29.8 Å². The maximum atomic E-state index is 10.8. The van der Waals surface area contributed by atoms with E-state index in [1.54, 1.807) is 19.1 Å². The first kappa shape index (κ1) is 11.0. The third-order valence-corrected chi connectivity index (χ3v) is 2.91. The second kappa shape index (κ2) is 3.98. The largest absolute Gasteiger partial charge is 0.508 e. The van der Waals surface area contributed by atoms with Gasteiger partial charge in [-0.25, -0.2) is 13.6 Å². The van der Waals surface area contributed by atoms with Crippen molar-refractivity contribution < 1.29 is 13.5 Å². The van der Waals surface area contributed by atoms with Gasteiger partial charge in [-0.2, -0.15) is 0 Å². The van der Waals surface area contributed by atoms with E-state index in [2.05, 4.69) is 0 Å². The number of sulfonamides is 1. The van der Waals surface area contributed by atoms with Gasteiger partial charge in [0.2, 0.25) is 10.0 Å². The smallest absolute Gasteiger partial charge is 0.209 e. The normalized spacial score (nSPS) is 13.9. The van der Waals surface area contributed by atoms with E-state index in [9.17, 15) is 8.42 Å². The van der Waals surface area contributed by atoms with Crippen LogP contribution in [0.4, 0.5) is 0 Å². The fourth-order valence-electron chi connectivity index (χ4n) is 1.25. The summed E-state index contributed by atoms with van der Waals surface area (Å²) in [5.41, 5.74) is 0.844. The molecule has 14 heavy (non-hydrogen) atoms. The highest BCUT2D eigenvalue weighted by molar-refractivity contribution is 7.89. The Labute approximate surface area is 83.4 Å². The molecule has 0 aliphatic heterocycles. The SMILES string of the molecule is CC(CS(N)(=O)=O)c1ccc(O)cc1. The zero-order valence-electron chi connectivity index (χ0n) is 7.84. The number of primary sulfonamides is 1. The Hall–Kier alpha value is -1.07. The summed E-state index contributed by atoms with van der Waals surface area (Å²) < 4.78 is 21.6. The van der Waals surface area contributed by atoms with Crippen LogP contribution in [0.5, 0.6) is 5.75 Å². The minimum atomic E-state index is -3.44. The molecule has 3 N–H and O–H groups in total. The molecule has 0 radical (unpaired) electrons. The van der Waals surface area contributed by atoms with Crippen molar-refractivity contribution in [1.82, 2.24) is 0 Å². The van der Waals surface area contributed by atoms with E-state index in [0.29, 0.717) is 0 Å². The fourth-order valence-corrected chi connectivity index (χ4v) is 2.14. The highest BCUT2D eigenvalue weighted by Crippen LogP contribution is 2.19. The van der Waals surface area contributed by atoms with Crippen molar-refractivity contribution in [3.63, 3.8) is 0 Å². The van der Waals surface area contributed by atoms with Crippen LogP contribution in [0.1, 0.15) is 18.4 Å². The molecule has 0 fully saturated rings. The van der Waals surface area contributed by atoms with E-state index in [-0.39, 0.29) is 17.4 Å². The first-order chi connectivity index (χ1) is 6.38. The summed E-state index contributed by atoms with van der Waals surface area (Å²) in [4.78, 5) is 0. The van der Waals surface area contributed by atoms with E-state index in [0.717, 1.165) is 5.56 Å².